The molecule has 9 nitrogen and oxygen atoms in total. The Hall–Kier alpha value is -2.18. The van der Waals surface area contributed by atoms with Crippen molar-refractivity contribution in [1.29, 1.82) is 0 Å². The molecule has 40 heavy (non-hydrogen) atoms. The molecule has 0 spiro atoms. The first-order chi connectivity index (χ1) is 18.9. The first kappa shape index (κ1) is 29.3. The Balaban J connectivity index is 1.21. The molecule has 2 saturated heterocycles. The maximum Gasteiger partial charge on any atom is 0.231 e. The van der Waals surface area contributed by atoms with Gasteiger partial charge in [0.05, 0.1) is 15.5 Å². The number of hydrogen-bond donors (Lipinski definition) is 0. The molecule has 3 aliphatic heterocycles. The van der Waals surface area contributed by atoms with Crippen LogP contribution >= 0.6 is 0 Å². The second kappa shape index (κ2) is 11.2. The van der Waals surface area contributed by atoms with E-state index in [1.807, 2.05) is 19.1 Å². The monoisotopic (exact) mass is 591 g/mol. The van der Waals surface area contributed by atoms with Gasteiger partial charge < -0.3 is 9.47 Å². The normalized spacial score (nSPS) is 23.2. The predicted molar refractivity (Wildman–Crippen MR) is 154 cm³/mol. The van der Waals surface area contributed by atoms with E-state index in [0.29, 0.717) is 37.1 Å². The van der Waals surface area contributed by atoms with E-state index in [1.165, 1.54) is 6.07 Å². The largest absolute Gasteiger partial charge is 0.454 e. The molecule has 2 fully saturated rings. The lowest BCUT2D eigenvalue weighted by atomic mass is 9.87. The molecule has 0 saturated carbocycles. The molecule has 2 aromatic rings. The summed E-state index contributed by atoms with van der Waals surface area (Å²) < 4.78 is 63.9. The number of piperazine rings is 1. The summed E-state index contributed by atoms with van der Waals surface area (Å²) in [4.78, 5) is 5.46. The van der Waals surface area contributed by atoms with Crippen molar-refractivity contribution in [2.45, 2.75) is 74.4 Å². The van der Waals surface area contributed by atoms with Crippen LogP contribution in [0.25, 0.3) is 0 Å². The second-order valence-electron chi connectivity index (χ2n) is 11.5. The van der Waals surface area contributed by atoms with Crippen LogP contribution in [-0.4, -0.2) is 87.8 Å². The molecule has 0 bridgehead atoms. The molecule has 5 rings (SSSR count). The van der Waals surface area contributed by atoms with Crippen LogP contribution in [0.1, 0.15) is 58.6 Å². The quantitative estimate of drug-likeness (QED) is 0.456. The van der Waals surface area contributed by atoms with Crippen LogP contribution in [0.2, 0.25) is 0 Å². The smallest absolute Gasteiger partial charge is 0.231 e. The maximum atomic E-state index is 13.2. The highest BCUT2D eigenvalue weighted by Crippen LogP contribution is 2.37. The Kier molecular flexibility index (Phi) is 8.24. The summed E-state index contributed by atoms with van der Waals surface area (Å²) in [7, 11) is -6.83. The van der Waals surface area contributed by atoms with Gasteiger partial charge in [0.2, 0.25) is 26.7 Å². The van der Waals surface area contributed by atoms with E-state index >= 15 is 0 Å². The van der Waals surface area contributed by atoms with Crippen molar-refractivity contribution in [3.63, 3.8) is 0 Å². The van der Waals surface area contributed by atoms with Crippen LogP contribution < -0.4 is 9.47 Å². The molecular weight excluding hydrogens is 550 g/mol. The van der Waals surface area contributed by atoms with Gasteiger partial charge in [-0.05, 0) is 69.9 Å². The van der Waals surface area contributed by atoms with Gasteiger partial charge in [-0.2, -0.15) is 0 Å². The Bertz CT molecular complexity index is 1420. The fraction of sp³-hybridized carbons (Fsp3) is 0.586. The van der Waals surface area contributed by atoms with Crippen molar-refractivity contribution in [1.82, 2.24) is 14.1 Å². The molecule has 3 heterocycles. The highest BCUT2D eigenvalue weighted by molar-refractivity contribution is 7.91. The van der Waals surface area contributed by atoms with Gasteiger partial charge in [-0.25, -0.2) is 21.1 Å². The zero-order chi connectivity index (χ0) is 28.7. The zero-order valence-electron chi connectivity index (χ0n) is 23.9. The van der Waals surface area contributed by atoms with Crippen LogP contribution in [-0.2, 0) is 19.9 Å². The Labute approximate surface area is 239 Å². The molecule has 3 aliphatic rings. The number of fused-ring (bicyclic) bond motifs is 1. The van der Waals surface area contributed by atoms with Crippen LogP contribution in [0, 0.1) is 0 Å². The highest BCUT2D eigenvalue weighted by atomic mass is 32.2. The number of sulfone groups is 1. The number of rotatable bonds is 8. The number of hydrogen-bond acceptors (Lipinski definition) is 8. The number of ether oxygens (including phenoxy) is 2. The topological polar surface area (TPSA) is 96.5 Å². The number of sulfonamides is 1. The SMILES string of the molecule is CCCS(=O)(=O)N1CCC(C)(N2CCN(C(C)c3ccc(S(=O)(=O)c4ccc5c(c4)OCO5)cc3)C(C)C2)CC1. The number of benzene rings is 2. The van der Waals surface area contributed by atoms with Crippen LogP contribution in [0.15, 0.2) is 52.3 Å². The van der Waals surface area contributed by atoms with Gasteiger partial charge in [0, 0.05) is 56.4 Å². The van der Waals surface area contributed by atoms with Crippen molar-refractivity contribution in [2.75, 3.05) is 45.3 Å². The van der Waals surface area contributed by atoms with Gasteiger partial charge in [0.15, 0.2) is 11.5 Å². The Morgan fingerprint density at radius 2 is 1.57 bits per heavy atom. The minimum absolute atomic E-state index is 0.00739. The van der Waals surface area contributed by atoms with Crippen LogP contribution in [0.3, 0.4) is 0 Å². The Morgan fingerprint density at radius 1 is 0.925 bits per heavy atom. The van der Waals surface area contributed by atoms with Crippen LogP contribution in [0.5, 0.6) is 11.5 Å². The molecule has 0 amide bonds. The van der Waals surface area contributed by atoms with Gasteiger partial charge >= 0.3 is 0 Å². The lowest BCUT2D eigenvalue weighted by Crippen LogP contribution is -2.62. The van der Waals surface area contributed by atoms with Gasteiger partial charge in [-0.15, -0.1) is 0 Å². The predicted octanol–water partition coefficient (Wildman–Crippen LogP) is 3.91. The zero-order valence-corrected chi connectivity index (χ0v) is 25.5. The lowest BCUT2D eigenvalue weighted by molar-refractivity contribution is -0.0225. The summed E-state index contributed by atoms with van der Waals surface area (Å²) in [5.41, 5.74) is 1.07. The molecule has 220 valence electrons. The Morgan fingerprint density at radius 3 is 2.23 bits per heavy atom. The van der Waals surface area contributed by atoms with E-state index in [9.17, 15) is 16.8 Å². The summed E-state index contributed by atoms with van der Waals surface area (Å²) in [6, 6.07) is 12.3. The minimum Gasteiger partial charge on any atom is -0.454 e. The van der Waals surface area contributed by atoms with E-state index < -0.39 is 19.9 Å². The molecule has 0 aliphatic carbocycles. The molecule has 0 radical (unpaired) electrons. The standard InChI is InChI=1S/C29H41N3O6S2/c1-5-18-39(33,34)31-14-12-29(4,13-15-31)30-16-17-32(22(2)20-30)23(3)24-6-8-25(9-7-24)40(35,36)26-10-11-27-28(19-26)38-21-37-27/h6-11,19,22-23H,5,12-18,20-21H2,1-4H3. The molecule has 2 unspecified atom stereocenters. The summed E-state index contributed by atoms with van der Waals surface area (Å²) in [5.74, 6) is 1.22. The molecule has 0 aromatic heterocycles. The van der Waals surface area contributed by atoms with Crippen molar-refractivity contribution < 1.29 is 26.3 Å². The third kappa shape index (κ3) is 5.63. The van der Waals surface area contributed by atoms with Gasteiger partial charge in [-0.1, -0.05) is 19.1 Å². The van der Waals surface area contributed by atoms with Crippen molar-refractivity contribution in [3.8, 4) is 11.5 Å². The van der Waals surface area contributed by atoms with Gasteiger partial charge in [0.25, 0.3) is 0 Å². The van der Waals surface area contributed by atoms with Crippen molar-refractivity contribution in [3.05, 3.63) is 48.0 Å². The minimum atomic E-state index is -3.68. The highest BCUT2D eigenvalue weighted by Gasteiger charge is 2.41. The molecule has 0 N–H and O–H groups in total. The van der Waals surface area contributed by atoms with E-state index in [4.69, 9.17) is 9.47 Å². The number of piperidine rings is 1. The molecule has 11 heteroatoms. The van der Waals surface area contributed by atoms with E-state index in [0.717, 1.165) is 38.0 Å². The average Bonchev–Trinajstić information content (AvgIpc) is 3.41. The molecular formula is C29H41N3O6S2. The number of nitrogens with zero attached hydrogens (tertiary/aromatic N) is 3. The van der Waals surface area contributed by atoms with E-state index in [2.05, 4.69) is 30.6 Å². The third-order valence-corrected chi connectivity index (χ3v) is 12.8. The molecule has 2 atom stereocenters. The van der Waals surface area contributed by atoms with Gasteiger partial charge in [0.1, 0.15) is 0 Å². The molecule has 2 aromatic carbocycles. The summed E-state index contributed by atoms with van der Waals surface area (Å²) >= 11 is 0. The van der Waals surface area contributed by atoms with Gasteiger partial charge in [-0.3, -0.25) is 9.80 Å². The first-order valence-corrected chi connectivity index (χ1v) is 17.3. The van der Waals surface area contributed by atoms with Crippen molar-refractivity contribution >= 4 is 19.9 Å². The lowest BCUT2D eigenvalue weighted by Gasteiger charge is -2.52. The summed E-state index contributed by atoms with van der Waals surface area (Å²) in [6.45, 7) is 12.6. The first-order valence-electron chi connectivity index (χ1n) is 14.2. The van der Waals surface area contributed by atoms with Crippen LogP contribution in [0.4, 0.5) is 0 Å². The fourth-order valence-electron chi connectivity index (χ4n) is 6.28. The summed E-state index contributed by atoms with van der Waals surface area (Å²) in [6.07, 6.45) is 2.33. The average molecular weight is 592 g/mol. The van der Waals surface area contributed by atoms with E-state index in [1.54, 1.807) is 28.6 Å². The fourth-order valence-corrected chi connectivity index (χ4v) is 9.07. The van der Waals surface area contributed by atoms with Crippen molar-refractivity contribution in [2.24, 2.45) is 0 Å². The second-order valence-corrected chi connectivity index (χ2v) is 15.5. The third-order valence-electron chi connectivity index (χ3n) is 8.92. The maximum absolute atomic E-state index is 13.2. The summed E-state index contributed by atoms with van der Waals surface area (Å²) in [5, 5.41) is 0. The van der Waals surface area contributed by atoms with E-state index in [-0.39, 0.29) is 33.9 Å².